The van der Waals surface area contributed by atoms with E-state index in [0.717, 1.165) is 29.9 Å². The molecule has 1 aromatic carbocycles. The average molecular weight is 267 g/mol. The number of aryl methyl sites for hydroxylation is 1. The van der Waals surface area contributed by atoms with Crippen molar-refractivity contribution >= 4 is 5.82 Å². The molecule has 3 rings (SSSR count). The van der Waals surface area contributed by atoms with Crippen LogP contribution in [0, 0.1) is 0 Å². The fourth-order valence-corrected chi connectivity index (χ4v) is 2.20. The Hall–Kier alpha value is -2.56. The van der Waals surface area contributed by atoms with E-state index in [-0.39, 0.29) is 0 Å². The number of para-hydroxylation sites is 1. The van der Waals surface area contributed by atoms with Crippen LogP contribution in [-0.2, 0) is 6.54 Å². The van der Waals surface area contributed by atoms with Crippen molar-refractivity contribution in [1.29, 1.82) is 0 Å². The number of nitrogen functional groups attached to an aromatic ring is 1. The second kappa shape index (κ2) is 5.21. The highest BCUT2D eigenvalue weighted by Gasteiger charge is 2.11. The minimum absolute atomic E-state index is 0.694. The van der Waals surface area contributed by atoms with E-state index in [0.29, 0.717) is 5.82 Å². The molecule has 0 radical (unpaired) electrons. The molecule has 0 amide bonds. The normalized spacial score (nSPS) is 10.8. The number of rotatable bonds is 4. The second-order valence-electron chi connectivity index (χ2n) is 4.68. The summed E-state index contributed by atoms with van der Waals surface area (Å²) in [7, 11) is 0. The highest BCUT2D eigenvalue weighted by atomic mass is 15.3. The Morgan fingerprint density at radius 2 is 2.00 bits per heavy atom. The standard InChI is InChI=1S/C15H17N5/c1-2-8-19-11-17-14(15(19)16)12-9-18-20(10-12)13-6-4-3-5-7-13/h3-7,9-11H,2,8,16H2,1H3. The van der Waals surface area contributed by atoms with Crippen LogP contribution in [0.15, 0.2) is 49.1 Å². The zero-order valence-electron chi connectivity index (χ0n) is 11.4. The Bertz CT molecular complexity index is 696. The molecule has 2 aromatic heterocycles. The molecule has 2 heterocycles. The summed E-state index contributed by atoms with van der Waals surface area (Å²) in [5.41, 5.74) is 8.88. The van der Waals surface area contributed by atoms with Crippen molar-refractivity contribution in [3.63, 3.8) is 0 Å². The van der Waals surface area contributed by atoms with Crippen molar-refractivity contribution in [2.75, 3.05) is 5.73 Å². The lowest BCUT2D eigenvalue weighted by Crippen LogP contribution is -2.01. The Morgan fingerprint density at radius 3 is 2.75 bits per heavy atom. The largest absolute Gasteiger partial charge is 0.383 e. The fourth-order valence-electron chi connectivity index (χ4n) is 2.20. The topological polar surface area (TPSA) is 61.7 Å². The highest BCUT2D eigenvalue weighted by molar-refractivity contribution is 5.69. The Labute approximate surface area is 117 Å². The van der Waals surface area contributed by atoms with Gasteiger partial charge in [0.25, 0.3) is 0 Å². The number of nitrogens with zero attached hydrogens (tertiary/aromatic N) is 4. The van der Waals surface area contributed by atoms with Crippen molar-refractivity contribution in [3.8, 4) is 16.9 Å². The van der Waals surface area contributed by atoms with Crippen molar-refractivity contribution in [2.24, 2.45) is 0 Å². The SMILES string of the molecule is CCCn1cnc(-c2cnn(-c3ccccc3)c2)c1N. The molecular weight excluding hydrogens is 250 g/mol. The van der Waals surface area contributed by atoms with E-state index < -0.39 is 0 Å². The first kappa shape index (κ1) is 12.5. The van der Waals surface area contributed by atoms with Gasteiger partial charge in [0.15, 0.2) is 0 Å². The van der Waals surface area contributed by atoms with Crippen LogP contribution in [0.25, 0.3) is 16.9 Å². The quantitative estimate of drug-likeness (QED) is 0.790. The summed E-state index contributed by atoms with van der Waals surface area (Å²) in [6, 6.07) is 9.98. The lowest BCUT2D eigenvalue weighted by atomic mass is 10.2. The Morgan fingerprint density at radius 1 is 1.20 bits per heavy atom. The fraction of sp³-hybridized carbons (Fsp3) is 0.200. The predicted octanol–water partition coefficient (Wildman–Crippen LogP) is 2.73. The van der Waals surface area contributed by atoms with Gasteiger partial charge in [-0.15, -0.1) is 0 Å². The molecule has 5 nitrogen and oxygen atoms in total. The molecule has 0 atom stereocenters. The van der Waals surface area contributed by atoms with Crippen LogP contribution in [0.3, 0.4) is 0 Å². The number of nitrogens with two attached hydrogens (primary N) is 1. The summed E-state index contributed by atoms with van der Waals surface area (Å²) in [4.78, 5) is 4.40. The van der Waals surface area contributed by atoms with E-state index >= 15 is 0 Å². The van der Waals surface area contributed by atoms with Crippen LogP contribution in [0.2, 0.25) is 0 Å². The van der Waals surface area contributed by atoms with Gasteiger partial charge in [0.2, 0.25) is 0 Å². The van der Waals surface area contributed by atoms with Crippen LogP contribution >= 0.6 is 0 Å². The van der Waals surface area contributed by atoms with Crippen molar-refractivity contribution < 1.29 is 0 Å². The number of benzene rings is 1. The van der Waals surface area contributed by atoms with E-state index in [1.807, 2.05) is 45.8 Å². The first-order chi connectivity index (χ1) is 9.79. The number of imidazole rings is 1. The summed E-state index contributed by atoms with van der Waals surface area (Å²) in [5.74, 6) is 0.694. The lowest BCUT2D eigenvalue weighted by Gasteiger charge is -2.02. The molecule has 102 valence electrons. The molecule has 3 aromatic rings. The molecule has 5 heteroatoms. The van der Waals surface area contributed by atoms with E-state index in [9.17, 15) is 0 Å². The molecule has 0 aliphatic carbocycles. The molecule has 0 saturated carbocycles. The van der Waals surface area contributed by atoms with Gasteiger partial charge in [0.05, 0.1) is 18.2 Å². The third kappa shape index (κ3) is 2.18. The summed E-state index contributed by atoms with van der Waals surface area (Å²) >= 11 is 0. The Balaban J connectivity index is 1.94. The van der Waals surface area contributed by atoms with Gasteiger partial charge in [-0.1, -0.05) is 25.1 Å². The van der Waals surface area contributed by atoms with Gasteiger partial charge in [-0.2, -0.15) is 5.10 Å². The molecule has 0 saturated heterocycles. The van der Waals surface area contributed by atoms with Gasteiger partial charge < -0.3 is 10.3 Å². The smallest absolute Gasteiger partial charge is 0.131 e. The van der Waals surface area contributed by atoms with E-state index in [2.05, 4.69) is 17.0 Å². The monoisotopic (exact) mass is 267 g/mol. The van der Waals surface area contributed by atoms with Crippen LogP contribution < -0.4 is 5.73 Å². The lowest BCUT2D eigenvalue weighted by molar-refractivity contribution is 0.686. The molecule has 0 bridgehead atoms. The molecule has 20 heavy (non-hydrogen) atoms. The van der Waals surface area contributed by atoms with Gasteiger partial charge in [-0.25, -0.2) is 9.67 Å². The molecular formula is C15H17N5. The molecule has 0 aliphatic heterocycles. The van der Waals surface area contributed by atoms with Crippen molar-refractivity contribution in [2.45, 2.75) is 19.9 Å². The van der Waals surface area contributed by atoms with E-state index in [4.69, 9.17) is 5.73 Å². The minimum Gasteiger partial charge on any atom is -0.383 e. The maximum Gasteiger partial charge on any atom is 0.131 e. The van der Waals surface area contributed by atoms with E-state index in [1.54, 1.807) is 12.5 Å². The molecule has 0 aliphatic rings. The summed E-state index contributed by atoms with van der Waals surface area (Å²) in [5, 5.41) is 4.37. The third-order valence-corrected chi connectivity index (χ3v) is 3.22. The third-order valence-electron chi connectivity index (χ3n) is 3.22. The first-order valence-corrected chi connectivity index (χ1v) is 6.70. The minimum atomic E-state index is 0.694. The van der Waals surface area contributed by atoms with Gasteiger partial charge in [-0.3, -0.25) is 0 Å². The summed E-state index contributed by atoms with van der Waals surface area (Å²) < 4.78 is 3.79. The van der Waals surface area contributed by atoms with Gasteiger partial charge in [0, 0.05) is 18.3 Å². The van der Waals surface area contributed by atoms with Crippen molar-refractivity contribution in [3.05, 3.63) is 49.1 Å². The number of anilines is 1. The highest BCUT2D eigenvalue weighted by Crippen LogP contribution is 2.24. The molecule has 2 N–H and O–H groups in total. The second-order valence-corrected chi connectivity index (χ2v) is 4.68. The maximum atomic E-state index is 6.13. The zero-order chi connectivity index (χ0) is 13.9. The molecule has 0 fully saturated rings. The first-order valence-electron chi connectivity index (χ1n) is 6.70. The zero-order valence-corrected chi connectivity index (χ0v) is 11.4. The van der Waals surface area contributed by atoms with Crippen LogP contribution in [0.4, 0.5) is 5.82 Å². The van der Waals surface area contributed by atoms with Gasteiger partial charge >= 0.3 is 0 Å². The number of aromatic nitrogens is 4. The number of hydrogen-bond acceptors (Lipinski definition) is 3. The predicted molar refractivity (Wildman–Crippen MR) is 79.5 cm³/mol. The maximum absolute atomic E-state index is 6.13. The van der Waals surface area contributed by atoms with Gasteiger partial charge in [-0.05, 0) is 18.6 Å². The van der Waals surface area contributed by atoms with Crippen LogP contribution in [0.5, 0.6) is 0 Å². The summed E-state index contributed by atoms with van der Waals surface area (Å²) in [6.45, 7) is 3.00. The summed E-state index contributed by atoms with van der Waals surface area (Å²) in [6.07, 6.45) is 6.56. The molecule has 0 spiro atoms. The van der Waals surface area contributed by atoms with Crippen LogP contribution in [-0.4, -0.2) is 19.3 Å². The van der Waals surface area contributed by atoms with Crippen molar-refractivity contribution in [1.82, 2.24) is 19.3 Å². The van der Waals surface area contributed by atoms with E-state index in [1.165, 1.54) is 0 Å². The average Bonchev–Trinajstić information content (AvgIpc) is 3.08. The van der Waals surface area contributed by atoms with Gasteiger partial charge in [0.1, 0.15) is 11.5 Å². The number of hydrogen-bond donors (Lipinski definition) is 1. The molecule has 0 unspecified atom stereocenters. The van der Waals surface area contributed by atoms with Crippen LogP contribution in [0.1, 0.15) is 13.3 Å². The Kier molecular flexibility index (Phi) is 3.25.